The molecule has 0 bridgehead atoms. The maximum atomic E-state index is 12.5. The molecule has 0 aliphatic carbocycles. The molecule has 0 saturated carbocycles. The fourth-order valence-corrected chi connectivity index (χ4v) is 4.05. The topological polar surface area (TPSA) is 103 Å². The fraction of sp³-hybridized carbons (Fsp3) is 0.381. The monoisotopic (exact) mass is 436 g/mol. The number of rotatable bonds is 10. The van der Waals surface area contributed by atoms with Crippen molar-refractivity contribution in [2.45, 2.75) is 37.8 Å². The lowest BCUT2D eigenvalue weighted by Crippen LogP contribution is -2.32. The minimum Gasteiger partial charge on any atom is -0.493 e. The SMILES string of the molecule is CCC(C)NS(=O)(=O)c1ccc(C(=O)NCc2cc(OC)c(OC)c(OC)c2)cc1. The van der Waals surface area contributed by atoms with Gasteiger partial charge in [-0.15, -0.1) is 0 Å². The predicted octanol–water partition coefficient (Wildman–Crippen LogP) is 2.72. The minimum atomic E-state index is -3.61. The largest absolute Gasteiger partial charge is 0.493 e. The number of carbonyl (C=O) groups is 1. The van der Waals surface area contributed by atoms with Crippen molar-refractivity contribution in [1.82, 2.24) is 10.0 Å². The highest BCUT2D eigenvalue weighted by Crippen LogP contribution is 2.38. The molecule has 1 amide bonds. The van der Waals surface area contributed by atoms with Crippen LogP contribution in [0.15, 0.2) is 41.3 Å². The maximum absolute atomic E-state index is 12.5. The molecule has 0 aliphatic heterocycles. The van der Waals surface area contributed by atoms with E-state index in [4.69, 9.17) is 14.2 Å². The third kappa shape index (κ3) is 5.64. The third-order valence-electron chi connectivity index (χ3n) is 4.57. The first-order valence-electron chi connectivity index (χ1n) is 9.45. The Morgan fingerprint density at radius 2 is 1.57 bits per heavy atom. The number of sulfonamides is 1. The minimum absolute atomic E-state index is 0.115. The van der Waals surface area contributed by atoms with Crippen LogP contribution in [0, 0.1) is 0 Å². The Labute approximate surface area is 177 Å². The van der Waals surface area contributed by atoms with E-state index in [1.807, 2.05) is 6.92 Å². The molecule has 0 spiro atoms. The molecule has 0 saturated heterocycles. The Balaban J connectivity index is 2.10. The maximum Gasteiger partial charge on any atom is 0.251 e. The average molecular weight is 437 g/mol. The Morgan fingerprint density at radius 3 is 2.03 bits per heavy atom. The van der Waals surface area contributed by atoms with Gasteiger partial charge in [0.25, 0.3) is 5.91 Å². The molecule has 2 aromatic carbocycles. The molecule has 0 radical (unpaired) electrons. The van der Waals surface area contributed by atoms with Crippen LogP contribution in [0.2, 0.25) is 0 Å². The van der Waals surface area contributed by atoms with E-state index >= 15 is 0 Å². The van der Waals surface area contributed by atoms with Crippen LogP contribution in [-0.2, 0) is 16.6 Å². The first kappa shape index (κ1) is 23.5. The van der Waals surface area contributed by atoms with E-state index in [0.717, 1.165) is 5.56 Å². The highest BCUT2D eigenvalue weighted by Gasteiger charge is 2.17. The van der Waals surface area contributed by atoms with Gasteiger partial charge < -0.3 is 19.5 Å². The quantitative estimate of drug-likeness (QED) is 0.594. The number of hydrogen-bond donors (Lipinski definition) is 2. The van der Waals surface area contributed by atoms with E-state index in [9.17, 15) is 13.2 Å². The number of ether oxygens (including phenoxy) is 3. The summed E-state index contributed by atoms with van der Waals surface area (Å²) in [4.78, 5) is 12.6. The van der Waals surface area contributed by atoms with E-state index in [1.54, 1.807) is 19.1 Å². The fourth-order valence-electron chi connectivity index (χ4n) is 2.72. The van der Waals surface area contributed by atoms with Crippen molar-refractivity contribution < 1.29 is 27.4 Å². The number of methoxy groups -OCH3 is 3. The highest BCUT2D eigenvalue weighted by atomic mass is 32.2. The summed E-state index contributed by atoms with van der Waals surface area (Å²) in [6, 6.07) is 9.12. The Hall–Kier alpha value is -2.78. The van der Waals surface area contributed by atoms with Crippen LogP contribution in [0.25, 0.3) is 0 Å². The smallest absolute Gasteiger partial charge is 0.251 e. The van der Waals surface area contributed by atoms with Gasteiger partial charge in [-0.1, -0.05) is 6.92 Å². The van der Waals surface area contributed by atoms with Crippen molar-refractivity contribution in [1.29, 1.82) is 0 Å². The van der Waals surface area contributed by atoms with E-state index in [0.29, 0.717) is 29.2 Å². The molecule has 9 heteroatoms. The Morgan fingerprint density at radius 1 is 1.00 bits per heavy atom. The van der Waals surface area contributed by atoms with E-state index in [1.165, 1.54) is 45.6 Å². The first-order chi connectivity index (χ1) is 14.2. The Kier molecular flexibility index (Phi) is 8.08. The van der Waals surface area contributed by atoms with Crippen molar-refractivity contribution in [2.24, 2.45) is 0 Å². The zero-order valence-corrected chi connectivity index (χ0v) is 18.6. The summed E-state index contributed by atoms with van der Waals surface area (Å²) >= 11 is 0. The molecule has 30 heavy (non-hydrogen) atoms. The molecule has 2 aromatic rings. The van der Waals surface area contributed by atoms with Crippen LogP contribution in [0.4, 0.5) is 0 Å². The summed E-state index contributed by atoms with van der Waals surface area (Å²) in [6.07, 6.45) is 0.681. The summed E-state index contributed by atoms with van der Waals surface area (Å²) in [7, 11) is 0.944. The van der Waals surface area contributed by atoms with Gasteiger partial charge in [-0.3, -0.25) is 4.79 Å². The van der Waals surface area contributed by atoms with Gasteiger partial charge in [-0.2, -0.15) is 0 Å². The molecule has 0 heterocycles. The van der Waals surface area contributed by atoms with Crippen molar-refractivity contribution in [3.05, 3.63) is 47.5 Å². The van der Waals surface area contributed by atoms with Crippen LogP contribution in [0.3, 0.4) is 0 Å². The van der Waals surface area contributed by atoms with Gasteiger partial charge >= 0.3 is 0 Å². The van der Waals surface area contributed by atoms with Crippen LogP contribution < -0.4 is 24.2 Å². The molecular weight excluding hydrogens is 408 g/mol. The summed E-state index contributed by atoms with van der Waals surface area (Å²) in [5.41, 5.74) is 1.11. The summed E-state index contributed by atoms with van der Waals surface area (Å²) in [6.45, 7) is 3.92. The summed E-state index contributed by atoms with van der Waals surface area (Å²) < 4.78 is 43.1. The lowest BCUT2D eigenvalue weighted by atomic mass is 10.1. The molecule has 164 valence electrons. The Bertz CT molecular complexity index is 948. The van der Waals surface area contributed by atoms with Gasteiger partial charge in [-0.05, 0) is 55.3 Å². The summed E-state index contributed by atoms with van der Waals surface area (Å²) in [5.74, 6) is 1.12. The molecule has 8 nitrogen and oxygen atoms in total. The normalized spacial score (nSPS) is 12.2. The second-order valence-electron chi connectivity index (χ2n) is 6.67. The second-order valence-corrected chi connectivity index (χ2v) is 8.39. The number of amides is 1. The zero-order valence-electron chi connectivity index (χ0n) is 17.8. The molecule has 0 aromatic heterocycles. The molecule has 1 atom stereocenters. The van der Waals surface area contributed by atoms with Crippen LogP contribution in [-0.4, -0.2) is 41.7 Å². The zero-order chi connectivity index (χ0) is 22.3. The van der Waals surface area contributed by atoms with Gasteiger partial charge in [0.2, 0.25) is 15.8 Å². The molecular formula is C21H28N2O6S. The van der Waals surface area contributed by atoms with Gasteiger partial charge in [0, 0.05) is 18.2 Å². The van der Waals surface area contributed by atoms with Crippen LogP contribution in [0.5, 0.6) is 17.2 Å². The molecule has 2 rings (SSSR count). The van der Waals surface area contributed by atoms with E-state index in [2.05, 4.69) is 10.0 Å². The molecule has 2 N–H and O–H groups in total. The van der Waals surface area contributed by atoms with Crippen molar-refractivity contribution in [3.8, 4) is 17.2 Å². The average Bonchev–Trinajstić information content (AvgIpc) is 2.76. The summed E-state index contributed by atoms with van der Waals surface area (Å²) in [5, 5.41) is 2.80. The van der Waals surface area contributed by atoms with Gasteiger partial charge in [0.1, 0.15) is 0 Å². The first-order valence-corrected chi connectivity index (χ1v) is 10.9. The number of hydrogen-bond acceptors (Lipinski definition) is 6. The van der Waals surface area contributed by atoms with E-state index < -0.39 is 10.0 Å². The second kappa shape index (κ2) is 10.3. The number of carbonyl (C=O) groups excluding carboxylic acids is 1. The van der Waals surface area contributed by atoms with Crippen LogP contribution >= 0.6 is 0 Å². The lowest BCUT2D eigenvalue weighted by Gasteiger charge is -2.14. The predicted molar refractivity (Wildman–Crippen MR) is 114 cm³/mol. The molecule has 0 fully saturated rings. The van der Waals surface area contributed by atoms with Crippen LogP contribution in [0.1, 0.15) is 36.2 Å². The van der Waals surface area contributed by atoms with Crippen molar-refractivity contribution in [3.63, 3.8) is 0 Å². The number of nitrogens with one attached hydrogen (secondary N) is 2. The standard InChI is InChI=1S/C21H28N2O6S/c1-6-14(2)23-30(25,26)17-9-7-16(8-10-17)21(24)22-13-15-11-18(27-3)20(29-5)19(12-15)28-4/h7-12,14,23H,6,13H2,1-5H3,(H,22,24). The van der Waals surface area contributed by atoms with Gasteiger partial charge in [0.05, 0.1) is 26.2 Å². The molecule has 0 aliphatic rings. The van der Waals surface area contributed by atoms with Crippen molar-refractivity contribution in [2.75, 3.05) is 21.3 Å². The van der Waals surface area contributed by atoms with Gasteiger partial charge in [0.15, 0.2) is 11.5 Å². The lowest BCUT2D eigenvalue weighted by molar-refractivity contribution is 0.0950. The van der Waals surface area contributed by atoms with Crippen molar-refractivity contribution >= 4 is 15.9 Å². The van der Waals surface area contributed by atoms with Gasteiger partial charge in [-0.25, -0.2) is 13.1 Å². The van der Waals surface area contributed by atoms with E-state index in [-0.39, 0.29) is 23.4 Å². The highest BCUT2D eigenvalue weighted by molar-refractivity contribution is 7.89. The molecule has 1 unspecified atom stereocenters. The third-order valence-corrected chi connectivity index (χ3v) is 6.18. The number of benzene rings is 2.